The van der Waals surface area contributed by atoms with Gasteiger partial charge in [0.05, 0.1) is 11.4 Å². The molecule has 2 atom stereocenters. The highest BCUT2D eigenvalue weighted by Crippen LogP contribution is 2.55. The van der Waals surface area contributed by atoms with E-state index in [1.165, 1.54) is 0 Å². The molecule has 1 spiro atoms. The highest BCUT2D eigenvalue weighted by molar-refractivity contribution is 6.01. The van der Waals surface area contributed by atoms with Crippen LogP contribution in [0.1, 0.15) is 81.0 Å². The maximum Gasteiger partial charge on any atom is 0.234 e. The van der Waals surface area contributed by atoms with Gasteiger partial charge in [0.15, 0.2) is 0 Å². The molecule has 2 saturated heterocycles. The molecule has 2 aliphatic heterocycles. The number of rotatable bonds is 3. The Morgan fingerprint density at radius 2 is 1.97 bits per heavy atom. The SMILES string of the molecule is CCN1CCC(O)(c2ccc3nc(C)c(C4CCC(=O)NC4=O)cc3c2F)C2(CCCCC2)C1. The summed E-state index contributed by atoms with van der Waals surface area (Å²) in [6, 6.07) is 5.25. The minimum absolute atomic E-state index is 0.257. The molecule has 2 aromatic rings. The number of nitrogens with zero attached hydrogens (tertiary/aromatic N) is 2. The van der Waals surface area contributed by atoms with Crippen molar-refractivity contribution < 1.29 is 19.1 Å². The molecule has 2 amide bonds. The molecule has 7 heteroatoms. The van der Waals surface area contributed by atoms with E-state index in [9.17, 15) is 14.7 Å². The van der Waals surface area contributed by atoms with Crippen molar-refractivity contribution in [2.45, 2.75) is 76.7 Å². The molecule has 3 heterocycles. The summed E-state index contributed by atoms with van der Waals surface area (Å²) >= 11 is 0. The highest BCUT2D eigenvalue weighted by Gasteiger charge is 2.55. The molecule has 5 rings (SSSR count). The number of imide groups is 1. The molecule has 3 aliphatic rings. The van der Waals surface area contributed by atoms with Crippen LogP contribution in [0.3, 0.4) is 0 Å². The standard InChI is InChI=1S/C27H34FN3O3/c1-3-31-14-13-27(34,26(16-31)11-5-4-6-12-26)21-8-9-22-20(24(21)28)15-19(17(2)29-22)18-7-10-23(32)30-25(18)33/h8-9,15,18,34H,3-7,10-14,16H2,1-2H3,(H,30,32,33). The van der Waals surface area contributed by atoms with Crippen LogP contribution in [0.4, 0.5) is 4.39 Å². The van der Waals surface area contributed by atoms with Gasteiger partial charge in [0.2, 0.25) is 11.8 Å². The molecule has 1 aromatic heterocycles. The maximum absolute atomic E-state index is 16.3. The van der Waals surface area contributed by atoms with Gasteiger partial charge in [-0.25, -0.2) is 4.39 Å². The zero-order chi connectivity index (χ0) is 24.1. The van der Waals surface area contributed by atoms with Gasteiger partial charge >= 0.3 is 0 Å². The first kappa shape index (κ1) is 23.4. The molecule has 6 nitrogen and oxygen atoms in total. The lowest BCUT2D eigenvalue weighted by Gasteiger charge is -2.56. The van der Waals surface area contributed by atoms with E-state index in [4.69, 9.17) is 0 Å². The van der Waals surface area contributed by atoms with Crippen molar-refractivity contribution >= 4 is 22.7 Å². The van der Waals surface area contributed by atoms with E-state index < -0.39 is 17.3 Å². The lowest BCUT2D eigenvalue weighted by molar-refractivity contribution is -0.159. The molecular weight excluding hydrogens is 433 g/mol. The van der Waals surface area contributed by atoms with Crippen molar-refractivity contribution in [1.29, 1.82) is 0 Å². The number of likely N-dealkylation sites (tertiary alicyclic amines) is 1. The summed E-state index contributed by atoms with van der Waals surface area (Å²) in [6.07, 6.45) is 6.19. The third kappa shape index (κ3) is 3.64. The fourth-order valence-corrected chi connectivity index (χ4v) is 6.70. The van der Waals surface area contributed by atoms with Crippen molar-refractivity contribution in [2.75, 3.05) is 19.6 Å². The number of aromatic nitrogens is 1. The van der Waals surface area contributed by atoms with E-state index in [1.807, 2.05) is 6.92 Å². The molecule has 1 aliphatic carbocycles. The Morgan fingerprint density at radius 1 is 1.21 bits per heavy atom. The Kier molecular flexibility index (Phi) is 5.97. The fourth-order valence-electron chi connectivity index (χ4n) is 6.70. The molecule has 0 bridgehead atoms. The van der Waals surface area contributed by atoms with Gasteiger partial charge in [-0.2, -0.15) is 0 Å². The van der Waals surface area contributed by atoms with Crippen LogP contribution in [-0.2, 0) is 15.2 Å². The van der Waals surface area contributed by atoms with Crippen LogP contribution in [0.25, 0.3) is 10.9 Å². The first-order chi connectivity index (χ1) is 16.3. The Labute approximate surface area is 199 Å². The number of aryl methyl sites for hydroxylation is 1. The highest BCUT2D eigenvalue weighted by atomic mass is 19.1. The van der Waals surface area contributed by atoms with E-state index in [-0.39, 0.29) is 23.7 Å². The van der Waals surface area contributed by atoms with Gasteiger partial charge in [0, 0.05) is 41.6 Å². The second-order valence-electron chi connectivity index (χ2n) is 10.5. The van der Waals surface area contributed by atoms with Crippen molar-refractivity contribution in [3.05, 3.63) is 40.8 Å². The molecule has 2 unspecified atom stereocenters. The van der Waals surface area contributed by atoms with Crippen LogP contribution in [0, 0.1) is 18.2 Å². The van der Waals surface area contributed by atoms with Gasteiger partial charge in [-0.05, 0) is 56.8 Å². The third-order valence-electron chi connectivity index (χ3n) is 8.67. The summed E-state index contributed by atoms with van der Waals surface area (Å²) < 4.78 is 16.3. The normalized spacial score (nSPS) is 27.8. The quantitative estimate of drug-likeness (QED) is 0.665. The average molecular weight is 468 g/mol. The largest absolute Gasteiger partial charge is 0.384 e. The first-order valence-corrected chi connectivity index (χ1v) is 12.7. The van der Waals surface area contributed by atoms with Crippen molar-refractivity contribution in [1.82, 2.24) is 15.2 Å². The van der Waals surface area contributed by atoms with E-state index >= 15 is 4.39 Å². The molecule has 0 radical (unpaired) electrons. The molecule has 182 valence electrons. The minimum Gasteiger partial charge on any atom is -0.384 e. The summed E-state index contributed by atoms with van der Waals surface area (Å²) in [7, 11) is 0. The summed E-state index contributed by atoms with van der Waals surface area (Å²) in [4.78, 5) is 31.1. The average Bonchev–Trinajstić information content (AvgIpc) is 2.82. The number of benzene rings is 1. The number of aliphatic hydroxyl groups is 1. The second-order valence-corrected chi connectivity index (χ2v) is 10.5. The number of halogens is 1. The van der Waals surface area contributed by atoms with Crippen molar-refractivity contribution in [3.8, 4) is 0 Å². The predicted octanol–water partition coefficient (Wildman–Crippen LogP) is 4.07. The monoisotopic (exact) mass is 467 g/mol. The number of amides is 2. The second kappa shape index (κ2) is 8.68. The molecule has 34 heavy (non-hydrogen) atoms. The van der Waals surface area contributed by atoms with Gasteiger partial charge in [0.25, 0.3) is 0 Å². The smallest absolute Gasteiger partial charge is 0.234 e. The number of carbonyl (C=O) groups is 2. The molecule has 1 aromatic carbocycles. The fraction of sp³-hybridized carbons (Fsp3) is 0.593. The van der Waals surface area contributed by atoms with Crippen molar-refractivity contribution in [3.63, 3.8) is 0 Å². The number of carbonyl (C=O) groups excluding carboxylic acids is 2. The lowest BCUT2D eigenvalue weighted by atomic mass is 9.57. The number of hydrogen-bond donors (Lipinski definition) is 2. The molecule has 2 N–H and O–H groups in total. The third-order valence-corrected chi connectivity index (χ3v) is 8.67. The van der Waals surface area contributed by atoms with Gasteiger partial charge < -0.3 is 10.0 Å². The molecule has 3 fully saturated rings. The maximum atomic E-state index is 16.3. The Morgan fingerprint density at radius 3 is 2.68 bits per heavy atom. The summed E-state index contributed by atoms with van der Waals surface area (Å²) in [5.74, 6) is -1.60. The van der Waals surface area contributed by atoms with Crippen LogP contribution >= 0.6 is 0 Å². The Bertz CT molecular complexity index is 1140. The lowest BCUT2D eigenvalue weighted by Crippen LogP contribution is -2.59. The number of pyridine rings is 1. The topological polar surface area (TPSA) is 82.5 Å². The van der Waals surface area contributed by atoms with E-state index in [0.29, 0.717) is 40.6 Å². The Hall–Kier alpha value is -2.38. The summed E-state index contributed by atoms with van der Waals surface area (Å²) in [6.45, 7) is 6.40. The molecule has 1 saturated carbocycles. The van der Waals surface area contributed by atoms with E-state index in [2.05, 4.69) is 22.1 Å². The summed E-state index contributed by atoms with van der Waals surface area (Å²) in [5, 5.41) is 15.0. The minimum atomic E-state index is -1.24. The predicted molar refractivity (Wildman–Crippen MR) is 128 cm³/mol. The van der Waals surface area contributed by atoms with Crippen molar-refractivity contribution in [2.24, 2.45) is 5.41 Å². The molecular formula is C27H34FN3O3. The van der Waals surface area contributed by atoms with Gasteiger partial charge in [-0.1, -0.05) is 32.3 Å². The van der Waals surface area contributed by atoms with Crippen LogP contribution in [0.15, 0.2) is 18.2 Å². The van der Waals surface area contributed by atoms with Crippen LogP contribution in [0.5, 0.6) is 0 Å². The summed E-state index contributed by atoms with van der Waals surface area (Å²) in [5.41, 5.74) is 0.580. The van der Waals surface area contributed by atoms with Gasteiger partial charge in [0.1, 0.15) is 11.4 Å². The van der Waals surface area contributed by atoms with Crippen LogP contribution < -0.4 is 5.32 Å². The van der Waals surface area contributed by atoms with E-state index in [1.54, 1.807) is 18.2 Å². The van der Waals surface area contributed by atoms with Gasteiger partial charge in [-0.15, -0.1) is 0 Å². The zero-order valence-corrected chi connectivity index (χ0v) is 20.1. The van der Waals surface area contributed by atoms with Crippen LogP contribution in [0.2, 0.25) is 0 Å². The first-order valence-electron chi connectivity index (χ1n) is 12.7. The number of hydrogen-bond acceptors (Lipinski definition) is 5. The van der Waals surface area contributed by atoms with Gasteiger partial charge in [-0.3, -0.25) is 19.9 Å². The zero-order valence-electron chi connectivity index (χ0n) is 20.1. The number of fused-ring (bicyclic) bond motifs is 1. The van der Waals surface area contributed by atoms with Crippen LogP contribution in [-0.4, -0.2) is 46.4 Å². The van der Waals surface area contributed by atoms with E-state index in [0.717, 1.165) is 51.7 Å². The number of nitrogens with one attached hydrogen (secondary N) is 1. The number of piperidine rings is 2. The Balaban J connectivity index is 1.61.